The molecule has 6 saturated carbocycles. The first-order valence-electron chi connectivity index (χ1n) is 42.5. The zero-order chi connectivity index (χ0) is 78.3. The highest BCUT2D eigenvalue weighted by molar-refractivity contribution is 8.13. The van der Waals surface area contributed by atoms with Crippen LogP contribution in [0.5, 0.6) is 0 Å². The zero-order valence-corrected chi connectivity index (χ0v) is 70.4. The van der Waals surface area contributed by atoms with Gasteiger partial charge in [0.2, 0.25) is 0 Å². The molecule has 602 valence electrons. The smallest absolute Gasteiger partial charge is 0.262 e. The molecule has 7 atom stereocenters. The van der Waals surface area contributed by atoms with Gasteiger partial charge in [0.05, 0.1) is 18.3 Å². The van der Waals surface area contributed by atoms with Gasteiger partial charge in [0.15, 0.2) is 32.9 Å². The number of methoxy groups -OCH3 is 3. The standard InChI is InChI=1S/C34H46N4O2S.C28H36N4O2.C22H24N2O2S.C6H12ClN.CH5N/c1-36-16-12-26(20-36)22-38-31(39)34(35-32(38)41-23-27-13-17-37(2)21-27)30-18-25(7-6-24-4-5-24)8-9-28(30)19-33(34)14-10-29(40-3)11-15-33;1-31-14-11-21(17-31)18-32-25(33)28(30-26(32)29)24-15-20(6-5-19-3-4-19)7-8-22(24)16-27(28)12-9-23(34-2)10-13-27;1-26-17-8-10-21(11-9-17)13-16-7-6-15(5-4-14-2-3-14)12-18(16)22(21)19(25)23-20(27)24-22;1-8-3-2-6(4-7)5-8;1-2/h8-9,18,24,26-27,29H,4-5,10-17,19-23H2,1-3H3;7-8,15,19,21,23H,3-4,9-14,16-18H2,1-2H3,(H2,29,30);6-7,12,14,17H,2-3,8-11,13H2,1H3,(H2,23,24,25,27);6H,2-5H2,1H3;2H2,1H3. The van der Waals surface area contributed by atoms with Crippen LogP contribution in [0, 0.1) is 93.2 Å². The lowest BCUT2D eigenvalue weighted by atomic mass is 9.61. The molecule has 16 aliphatic rings. The van der Waals surface area contributed by atoms with Gasteiger partial charge in [-0.15, -0.1) is 11.6 Å². The minimum atomic E-state index is -0.924. The molecule has 3 aromatic rings. The van der Waals surface area contributed by atoms with E-state index in [1.807, 2.05) is 23.8 Å². The Morgan fingerprint density at radius 3 is 1.27 bits per heavy atom. The molecule has 18 nitrogen and oxygen atoms in total. The molecule has 7 heterocycles. The fourth-order valence-corrected chi connectivity index (χ4v) is 23.5. The highest BCUT2D eigenvalue weighted by Gasteiger charge is 2.70. The number of thiocarbonyl (C=S) groups is 1. The number of alkyl halides is 1. The van der Waals surface area contributed by atoms with Gasteiger partial charge in [0, 0.05) is 123 Å². The number of thioether (sulfide) groups is 1. The van der Waals surface area contributed by atoms with E-state index in [1.54, 1.807) is 14.2 Å². The van der Waals surface area contributed by atoms with Crippen molar-refractivity contribution in [3.63, 3.8) is 0 Å². The molecule has 21 heteroatoms. The Morgan fingerprint density at radius 2 is 0.884 bits per heavy atom. The number of amides is 3. The molecule has 7 aliphatic heterocycles. The third kappa shape index (κ3) is 16.0. The van der Waals surface area contributed by atoms with Crippen LogP contribution in [-0.4, -0.2) is 215 Å². The molecule has 11 fully saturated rings. The number of hydrogen-bond acceptors (Lipinski definition) is 16. The topological polar surface area (TPSA) is 199 Å². The maximum Gasteiger partial charge on any atom is 0.262 e. The average Bonchev–Trinajstić information content (AvgIpc) is 1.54. The first kappa shape index (κ1) is 81.3. The van der Waals surface area contributed by atoms with Gasteiger partial charge in [0.25, 0.3) is 17.7 Å². The molecule has 0 aromatic heterocycles. The van der Waals surface area contributed by atoms with Crippen molar-refractivity contribution >= 4 is 69.5 Å². The number of benzene rings is 3. The van der Waals surface area contributed by atoms with Crippen LogP contribution in [0.3, 0.4) is 0 Å². The summed E-state index contributed by atoms with van der Waals surface area (Å²) in [5.41, 5.74) is 18.0. The molecular formula is C91H123ClN12O6S2. The van der Waals surface area contributed by atoms with E-state index in [0.717, 1.165) is 205 Å². The molecule has 0 bridgehead atoms. The van der Waals surface area contributed by atoms with E-state index < -0.39 is 16.6 Å². The van der Waals surface area contributed by atoms with Crippen LogP contribution in [0.4, 0.5) is 0 Å². The van der Waals surface area contributed by atoms with Gasteiger partial charge in [-0.05, 0) is 328 Å². The van der Waals surface area contributed by atoms with Crippen LogP contribution < -0.4 is 22.1 Å². The van der Waals surface area contributed by atoms with E-state index in [4.69, 9.17) is 53.7 Å². The maximum atomic E-state index is 15.1. The molecule has 5 saturated heterocycles. The highest BCUT2D eigenvalue weighted by Crippen LogP contribution is 2.65. The number of rotatable bonds is 10. The summed E-state index contributed by atoms with van der Waals surface area (Å²) in [6, 6.07) is 19.6. The lowest BCUT2D eigenvalue weighted by Crippen LogP contribution is -2.56. The number of nitrogens with zero attached hydrogens (tertiary/aromatic N) is 8. The molecule has 112 heavy (non-hydrogen) atoms. The number of halogens is 1. The van der Waals surface area contributed by atoms with Crippen LogP contribution >= 0.6 is 35.6 Å². The number of nitrogens with one attached hydrogen (secondary N) is 2. The number of carbonyl (C=O) groups excluding carboxylic acids is 3. The van der Waals surface area contributed by atoms with Crippen LogP contribution in [-0.2, 0) is 64.5 Å². The zero-order valence-electron chi connectivity index (χ0n) is 68.0. The Bertz CT molecular complexity index is 4270. The van der Waals surface area contributed by atoms with Crippen LogP contribution in [0.2, 0.25) is 0 Å². The van der Waals surface area contributed by atoms with Crippen molar-refractivity contribution in [2.75, 3.05) is 134 Å². The molecule has 19 rings (SSSR count). The largest absolute Gasteiger partial charge is 0.381 e. The number of likely N-dealkylation sites (tertiary alicyclic amines) is 4. The number of ether oxygens (including phenoxy) is 3. The second-order valence-electron chi connectivity index (χ2n) is 36.3. The maximum absolute atomic E-state index is 15.1. The van der Waals surface area contributed by atoms with Gasteiger partial charge >= 0.3 is 0 Å². The third-order valence-corrected chi connectivity index (χ3v) is 30.5. The molecule has 7 unspecified atom stereocenters. The Hall–Kier alpha value is -5.90. The summed E-state index contributed by atoms with van der Waals surface area (Å²) in [6.07, 6.45) is 27.1. The van der Waals surface area contributed by atoms with E-state index in [9.17, 15) is 9.59 Å². The number of amidine groups is 1. The number of carbonyl (C=O) groups is 3. The number of fused-ring (bicyclic) bond motifs is 9. The molecule has 0 radical (unpaired) electrons. The molecule has 9 aliphatic carbocycles. The number of guanidine groups is 1. The van der Waals surface area contributed by atoms with Crippen molar-refractivity contribution in [2.24, 2.45) is 79.1 Å². The van der Waals surface area contributed by atoms with Crippen molar-refractivity contribution < 1.29 is 28.6 Å². The Morgan fingerprint density at radius 1 is 0.509 bits per heavy atom. The summed E-state index contributed by atoms with van der Waals surface area (Å²) in [5.74, 6) is 26.9. The van der Waals surface area contributed by atoms with E-state index in [2.05, 4.69) is 159 Å². The van der Waals surface area contributed by atoms with Gasteiger partial charge < -0.3 is 55.9 Å². The first-order valence-corrected chi connectivity index (χ1v) is 44.4. The van der Waals surface area contributed by atoms with Gasteiger partial charge in [0.1, 0.15) is 0 Å². The van der Waals surface area contributed by atoms with Crippen molar-refractivity contribution in [3.8, 4) is 35.5 Å². The van der Waals surface area contributed by atoms with Crippen molar-refractivity contribution in [2.45, 2.75) is 195 Å². The fraction of sp³-hybridized carbons (Fsp3) is 0.670. The van der Waals surface area contributed by atoms with Gasteiger partial charge in [-0.3, -0.25) is 24.2 Å². The minimum absolute atomic E-state index is 0.00517. The lowest BCUT2D eigenvalue weighted by molar-refractivity contribution is -0.139. The van der Waals surface area contributed by atoms with Crippen molar-refractivity contribution in [1.82, 2.24) is 40.0 Å². The fourth-order valence-electron chi connectivity index (χ4n) is 21.8. The van der Waals surface area contributed by atoms with Gasteiger partial charge in [-0.1, -0.05) is 65.5 Å². The number of nitrogens with two attached hydrogens (primary N) is 2. The second-order valence-corrected chi connectivity index (χ2v) is 38.0. The minimum Gasteiger partial charge on any atom is -0.381 e. The van der Waals surface area contributed by atoms with Gasteiger partial charge in [-0.2, -0.15) is 0 Å². The molecule has 6 spiro atoms. The Labute approximate surface area is 682 Å². The molecule has 3 aromatic carbocycles. The van der Waals surface area contributed by atoms with Crippen molar-refractivity contribution in [1.29, 1.82) is 0 Å². The lowest BCUT2D eigenvalue weighted by Gasteiger charge is -2.46. The summed E-state index contributed by atoms with van der Waals surface area (Å²) in [6.45, 7) is 10.4. The quantitative estimate of drug-likeness (QED) is 0.0848. The predicted molar refractivity (Wildman–Crippen MR) is 451 cm³/mol. The van der Waals surface area contributed by atoms with E-state index in [0.29, 0.717) is 53.1 Å². The van der Waals surface area contributed by atoms with Crippen LogP contribution in [0.1, 0.15) is 191 Å². The van der Waals surface area contributed by atoms with E-state index in [-0.39, 0.29) is 52.3 Å². The monoisotopic (exact) mass is 1580 g/mol. The first-order chi connectivity index (χ1) is 54.2. The van der Waals surface area contributed by atoms with Gasteiger partial charge in [-0.25, -0.2) is 9.98 Å². The number of aliphatic imine (C=N–C) groups is 2. The third-order valence-electron chi connectivity index (χ3n) is 28.6. The van der Waals surface area contributed by atoms with E-state index in [1.165, 1.54) is 94.7 Å². The summed E-state index contributed by atoms with van der Waals surface area (Å²) in [5, 5.41) is 7.72. The highest BCUT2D eigenvalue weighted by atomic mass is 35.5. The summed E-state index contributed by atoms with van der Waals surface area (Å²) in [7, 11) is 15.6. The molecule has 3 amide bonds. The summed E-state index contributed by atoms with van der Waals surface area (Å²) in [4.78, 5) is 67.1. The normalized spacial score (nSPS) is 34.1. The molecule has 6 N–H and O–H groups in total. The SMILES string of the molecule is CN.CN1CCC(CCl)C1.COC1CCC2(CC1)Cc1ccc(C#CC3CC3)cc1C21N=C(N)N(CC2CCN(C)C2)C1=O.COC1CCC2(CC1)Cc1ccc(C#CC3CC3)cc1C21N=C(SCC2CCN(C)C2)N(CC2CCN(C)C2)C1=O.COC1CCC2(CC1)Cc1ccc(C#CC3CC3)cc1C21NC(=S)NC1=O. The summed E-state index contributed by atoms with van der Waals surface area (Å²) < 4.78 is 17.1. The average molecular weight is 1580 g/mol. The van der Waals surface area contributed by atoms with Crippen LogP contribution in [0.15, 0.2) is 64.6 Å². The Kier molecular flexibility index (Phi) is 24.6. The second kappa shape index (κ2) is 34.0. The summed E-state index contributed by atoms with van der Waals surface area (Å²) >= 11 is 12.9. The Balaban J connectivity index is 0.000000127. The molecular weight excluding hydrogens is 1460 g/mol. The number of hydrogen-bond donors (Lipinski definition) is 4. The van der Waals surface area contributed by atoms with E-state index >= 15 is 4.79 Å². The predicted octanol–water partition coefficient (Wildman–Crippen LogP) is 11.0. The van der Waals surface area contributed by atoms with Crippen molar-refractivity contribution in [3.05, 3.63) is 105 Å². The van der Waals surface area contributed by atoms with Crippen LogP contribution in [0.25, 0.3) is 0 Å².